The number of carbonyl (C=O) groups is 1. The molecule has 0 saturated carbocycles. The molecule has 23 heavy (non-hydrogen) atoms. The zero-order valence-corrected chi connectivity index (χ0v) is 13.9. The van der Waals surface area contributed by atoms with E-state index in [2.05, 4.69) is 26.1 Å². The predicted octanol–water partition coefficient (Wildman–Crippen LogP) is 4.53. The van der Waals surface area contributed by atoms with Crippen molar-refractivity contribution < 1.29 is 13.9 Å². The molecule has 0 saturated heterocycles. The Hall–Kier alpha value is -2.36. The van der Waals surface area contributed by atoms with Crippen molar-refractivity contribution in [2.75, 3.05) is 5.32 Å². The zero-order valence-electron chi connectivity index (χ0n) is 13.9. The molecule has 1 atom stereocenters. The maximum absolute atomic E-state index is 12.9. The molecule has 3 nitrogen and oxygen atoms in total. The van der Waals surface area contributed by atoms with Crippen LogP contribution in [-0.4, -0.2) is 12.0 Å². The number of hydrogen-bond acceptors (Lipinski definition) is 2. The molecule has 0 aliphatic carbocycles. The number of ether oxygens (including phenoxy) is 1. The molecule has 0 aliphatic rings. The van der Waals surface area contributed by atoms with Crippen LogP contribution in [0.5, 0.6) is 5.75 Å². The summed E-state index contributed by atoms with van der Waals surface area (Å²) in [6.45, 7) is 7.98. The number of carbonyl (C=O) groups excluding carboxylic acids is 1. The lowest BCUT2D eigenvalue weighted by Gasteiger charge is -2.24. The number of amides is 1. The Kier molecular flexibility index (Phi) is 5.04. The van der Waals surface area contributed by atoms with Crippen LogP contribution >= 0.6 is 0 Å². The summed E-state index contributed by atoms with van der Waals surface area (Å²) < 4.78 is 18.7. The highest BCUT2D eigenvalue weighted by Gasteiger charge is 2.22. The Balaban J connectivity index is 2.08. The molecule has 1 N–H and O–H groups in total. The van der Waals surface area contributed by atoms with E-state index in [1.54, 1.807) is 6.92 Å². The third-order valence-electron chi connectivity index (χ3n) is 3.48. The quantitative estimate of drug-likeness (QED) is 0.900. The smallest absolute Gasteiger partial charge is 0.265 e. The van der Waals surface area contributed by atoms with Gasteiger partial charge in [0, 0.05) is 5.69 Å². The van der Waals surface area contributed by atoms with Crippen molar-refractivity contribution in [2.45, 2.75) is 39.2 Å². The third-order valence-corrected chi connectivity index (χ3v) is 3.48. The van der Waals surface area contributed by atoms with Gasteiger partial charge in [0.25, 0.3) is 5.91 Å². The van der Waals surface area contributed by atoms with Crippen LogP contribution in [0.15, 0.2) is 48.5 Å². The molecule has 0 spiro atoms. The van der Waals surface area contributed by atoms with Crippen molar-refractivity contribution in [3.63, 3.8) is 0 Å². The van der Waals surface area contributed by atoms with Gasteiger partial charge in [-0.15, -0.1) is 0 Å². The van der Waals surface area contributed by atoms with Gasteiger partial charge >= 0.3 is 0 Å². The van der Waals surface area contributed by atoms with Crippen LogP contribution in [0.4, 0.5) is 10.1 Å². The number of anilines is 1. The molecule has 0 radical (unpaired) electrons. The standard InChI is InChI=1S/C19H22FNO2/c1-13(18(22)21-15-11-9-14(20)10-12-15)23-17-8-6-5-7-16(17)19(2,3)4/h5-13H,1-4H3,(H,21,22). The monoisotopic (exact) mass is 315 g/mol. The maximum atomic E-state index is 12.9. The lowest BCUT2D eigenvalue weighted by molar-refractivity contribution is -0.122. The molecule has 1 unspecified atom stereocenters. The van der Waals surface area contributed by atoms with E-state index in [0.29, 0.717) is 11.4 Å². The summed E-state index contributed by atoms with van der Waals surface area (Å²) in [7, 11) is 0. The van der Waals surface area contributed by atoms with Gasteiger partial charge in [0.2, 0.25) is 0 Å². The van der Waals surface area contributed by atoms with E-state index in [0.717, 1.165) is 5.56 Å². The first-order chi connectivity index (χ1) is 10.8. The number of hydrogen-bond donors (Lipinski definition) is 1. The Bertz CT molecular complexity index is 675. The summed E-state index contributed by atoms with van der Waals surface area (Å²) in [6, 6.07) is 13.3. The van der Waals surface area contributed by atoms with E-state index < -0.39 is 6.10 Å². The summed E-state index contributed by atoms with van der Waals surface area (Å²) in [5.74, 6) is 0.0773. The minimum absolute atomic E-state index is 0.0796. The van der Waals surface area contributed by atoms with Crippen molar-refractivity contribution in [1.29, 1.82) is 0 Å². The molecule has 0 fully saturated rings. The van der Waals surface area contributed by atoms with Crippen LogP contribution in [0.3, 0.4) is 0 Å². The van der Waals surface area contributed by atoms with E-state index in [4.69, 9.17) is 4.74 Å². The molecular formula is C19H22FNO2. The average Bonchev–Trinajstić information content (AvgIpc) is 2.49. The minimum Gasteiger partial charge on any atom is -0.481 e. The van der Waals surface area contributed by atoms with Gasteiger partial charge in [-0.05, 0) is 48.2 Å². The van der Waals surface area contributed by atoms with Gasteiger partial charge in [-0.1, -0.05) is 39.0 Å². The fourth-order valence-electron chi connectivity index (χ4n) is 2.21. The minimum atomic E-state index is -0.663. The molecule has 2 aromatic rings. The summed E-state index contributed by atoms with van der Waals surface area (Å²) in [6.07, 6.45) is -0.663. The lowest BCUT2D eigenvalue weighted by Crippen LogP contribution is -2.31. The largest absolute Gasteiger partial charge is 0.481 e. The van der Waals surface area contributed by atoms with Crippen molar-refractivity contribution >= 4 is 11.6 Å². The average molecular weight is 315 g/mol. The Morgan fingerprint density at radius 2 is 1.70 bits per heavy atom. The van der Waals surface area contributed by atoms with E-state index >= 15 is 0 Å². The molecule has 122 valence electrons. The van der Waals surface area contributed by atoms with Crippen LogP contribution in [0.1, 0.15) is 33.3 Å². The first-order valence-corrected chi connectivity index (χ1v) is 7.60. The fourth-order valence-corrected chi connectivity index (χ4v) is 2.21. The number of halogens is 1. The van der Waals surface area contributed by atoms with Gasteiger partial charge in [0.05, 0.1) is 0 Å². The van der Waals surface area contributed by atoms with Crippen LogP contribution < -0.4 is 10.1 Å². The van der Waals surface area contributed by atoms with Crippen LogP contribution in [0.2, 0.25) is 0 Å². The summed E-state index contributed by atoms with van der Waals surface area (Å²) in [4.78, 5) is 12.2. The number of nitrogens with one attached hydrogen (secondary N) is 1. The van der Waals surface area contributed by atoms with E-state index in [1.807, 2.05) is 24.3 Å². The first-order valence-electron chi connectivity index (χ1n) is 7.60. The van der Waals surface area contributed by atoms with Crippen LogP contribution in [0, 0.1) is 5.82 Å². The van der Waals surface area contributed by atoms with Crippen molar-refractivity contribution in [3.05, 3.63) is 59.9 Å². The number of para-hydroxylation sites is 1. The normalized spacial score (nSPS) is 12.6. The molecule has 0 aromatic heterocycles. The van der Waals surface area contributed by atoms with Gasteiger partial charge in [0.1, 0.15) is 11.6 Å². The number of benzene rings is 2. The Morgan fingerprint density at radius 1 is 1.09 bits per heavy atom. The molecule has 0 aliphatic heterocycles. The Morgan fingerprint density at radius 3 is 2.30 bits per heavy atom. The molecule has 2 aromatic carbocycles. The summed E-state index contributed by atoms with van der Waals surface area (Å²) in [5.41, 5.74) is 1.50. The topological polar surface area (TPSA) is 38.3 Å². The summed E-state index contributed by atoms with van der Waals surface area (Å²) >= 11 is 0. The highest BCUT2D eigenvalue weighted by molar-refractivity contribution is 5.94. The van der Waals surface area contributed by atoms with Gasteiger partial charge in [-0.3, -0.25) is 4.79 Å². The highest BCUT2D eigenvalue weighted by atomic mass is 19.1. The number of rotatable bonds is 4. The molecule has 4 heteroatoms. The second kappa shape index (κ2) is 6.82. The lowest BCUT2D eigenvalue weighted by atomic mass is 9.86. The molecule has 1 amide bonds. The maximum Gasteiger partial charge on any atom is 0.265 e. The van der Waals surface area contributed by atoms with E-state index in [1.165, 1.54) is 24.3 Å². The van der Waals surface area contributed by atoms with Crippen LogP contribution in [-0.2, 0) is 10.2 Å². The molecule has 0 heterocycles. The van der Waals surface area contributed by atoms with Gasteiger partial charge in [-0.25, -0.2) is 4.39 Å². The van der Waals surface area contributed by atoms with Gasteiger partial charge in [0.15, 0.2) is 6.10 Å². The van der Waals surface area contributed by atoms with Crippen molar-refractivity contribution in [1.82, 2.24) is 0 Å². The fraction of sp³-hybridized carbons (Fsp3) is 0.316. The first kappa shape index (κ1) is 17.0. The van der Waals surface area contributed by atoms with Gasteiger partial charge in [-0.2, -0.15) is 0 Å². The summed E-state index contributed by atoms with van der Waals surface area (Å²) in [5, 5.41) is 2.72. The SMILES string of the molecule is CC(Oc1ccccc1C(C)(C)C)C(=O)Nc1ccc(F)cc1. The van der Waals surface area contributed by atoms with Crippen molar-refractivity contribution in [2.24, 2.45) is 0 Å². The Labute approximate surface area is 136 Å². The highest BCUT2D eigenvalue weighted by Crippen LogP contribution is 2.31. The third kappa shape index (κ3) is 4.55. The predicted molar refractivity (Wildman–Crippen MR) is 90.3 cm³/mol. The second-order valence-corrected chi connectivity index (χ2v) is 6.50. The van der Waals surface area contributed by atoms with E-state index in [-0.39, 0.29) is 17.1 Å². The van der Waals surface area contributed by atoms with Crippen molar-refractivity contribution in [3.8, 4) is 5.75 Å². The van der Waals surface area contributed by atoms with Gasteiger partial charge < -0.3 is 10.1 Å². The molecule has 0 bridgehead atoms. The van der Waals surface area contributed by atoms with Crippen LogP contribution in [0.25, 0.3) is 0 Å². The second-order valence-electron chi connectivity index (χ2n) is 6.50. The zero-order chi connectivity index (χ0) is 17.0. The molecular weight excluding hydrogens is 293 g/mol. The molecule has 2 rings (SSSR count). The van der Waals surface area contributed by atoms with E-state index in [9.17, 15) is 9.18 Å².